The Kier molecular flexibility index (Phi) is 8.85. The Morgan fingerprint density at radius 1 is 0.821 bits per heavy atom. The third-order valence-electron chi connectivity index (χ3n) is 6.92. The van der Waals surface area contributed by atoms with Crippen LogP contribution in [0.2, 0.25) is 0 Å². The standard InChI is InChI=1S/C33H29N3O2.BrH/c1-26(37)38-24-32-23-36(25-35(32)22-28-19-17-27(21-34)18-20-28)33(29-11-5-2-6-12-29,30-13-7-3-8-14-30)31-15-9-4-10-16-31;/h2-20,23H,22,24-25H2,1H3;1H. The first-order valence-corrected chi connectivity index (χ1v) is 12.6. The lowest BCUT2D eigenvalue weighted by atomic mass is 9.76. The van der Waals surface area contributed by atoms with Crippen molar-refractivity contribution in [1.82, 2.24) is 9.80 Å². The van der Waals surface area contributed by atoms with Gasteiger partial charge in [0.05, 0.1) is 24.0 Å². The van der Waals surface area contributed by atoms with Crippen molar-refractivity contribution in [2.75, 3.05) is 13.3 Å². The molecular weight excluding hydrogens is 550 g/mol. The second kappa shape index (κ2) is 12.5. The van der Waals surface area contributed by atoms with Crippen LogP contribution in [-0.4, -0.2) is 29.0 Å². The van der Waals surface area contributed by atoms with E-state index < -0.39 is 5.54 Å². The largest absolute Gasteiger partial charge is 0.459 e. The molecule has 0 N–H and O–H groups in total. The van der Waals surface area contributed by atoms with E-state index in [0.29, 0.717) is 18.8 Å². The van der Waals surface area contributed by atoms with E-state index in [0.717, 1.165) is 28.0 Å². The third kappa shape index (κ3) is 5.74. The van der Waals surface area contributed by atoms with Gasteiger partial charge in [-0.2, -0.15) is 5.26 Å². The molecule has 0 aliphatic carbocycles. The van der Waals surface area contributed by atoms with Crippen molar-refractivity contribution in [3.8, 4) is 6.07 Å². The van der Waals surface area contributed by atoms with Gasteiger partial charge in [-0.15, -0.1) is 17.0 Å². The number of hydrogen-bond donors (Lipinski definition) is 0. The summed E-state index contributed by atoms with van der Waals surface area (Å²) in [5, 5.41) is 9.20. The number of rotatable bonds is 8. The van der Waals surface area contributed by atoms with Gasteiger partial charge in [0.2, 0.25) is 0 Å². The van der Waals surface area contributed by atoms with Crippen LogP contribution >= 0.6 is 17.0 Å². The van der Waals surface area contributed by atoms with Crippen LogP contribution in [0.25, 0.3) is 0 Å². The van der Waals surface area contributed by atoms with Gasteiger partial charge in [-0.25, -0.2) is 0 Å². The molecule has 39 heavy (non-hydrogen) atoms. The van der Waals surface area contributed by atoms with Crippen molar-refractivity contribution in [1.29, 1.82) is 5.26 Å². The number of nitriles is 1. The van der Waals surface area contributed by atoms with Gasteiger partial charge in [-0.3, -0.25) is 4.79 Å². The Morgan fingerprint density at radius 2 is 1.31 bits per heavy atom. The van der Waals surface area contributed by atoms with Crippen LogP contribution in [0, 0.1) is 11.3 Å². The summed E-state index contributed by atoms with van der Waals surface area (Å²) in [4.78, 5) is 16.3. The fourth-order valence-electron chi connectivity index (χ4n) is 5.18. The second-order valence-corrected chi connectivity index (χ2v) is 9.33. The molecule has 196 valence electrons. The lowest BCUT2D eigenvalue weighted by Crippen LogP contribution is -2.46. The average molecular weight is 581 g/mol. The quantitative estimate of drug-likeness (QED) is 0.174. The zero-order valence-electron chi connectivity index (χ0n) is 21.7. The molecule has 0 saturated heterocycles. The molecule has 4 aromatic carbocycles. The number of carbonyl (C=O) groups is 1. The van der Waals surface area contributed by atoms with E-state index in [1.54, 1.807) is 0 Å². The van der Waals surface area contributed by atoms with Gasteiger partial charge >= 0.3 is 5.97 Å². The highest BCUT2D eigenvalue weighted by Gasteiger charge is 2.44. The number of carbonyl (C=O) groups excluding carboxylic acids is 1. The molecule has 6 heteroatoms. The van der Waals surface area contributed by atoms with Crippen molar-refractivity contribution in [3.05, 3.63) is 155 Å². The van der Waals surface area contributed by atoms with Gasteiger partial charge in [0, 0.05) is 19.7 Å². The van der Waals surface area contributed by atoms with E-state index in [1.165, 1.54) is 6.92 Å². The molecule has 5 nitrogen and oxygen atoms in total. The lowest BCUT2D eigenvalue weighted by molar-refractivity contribution is -0.140. The number of esters is 1. The minimum atomic E-state index is -0.620. The predicted octanol–water partition coefficient (Wildman–Crippen LogP) is 6.61. The van der Waals surface area contributed by atoms with E-state index in [9.17, 15) is 10.1 Å². The van der Waals surface area contributed by atoms with Gasteiger partial charge in [-0.1, -0.05) is 103 Å². The van der Waals surface area contributed by atoms with E-state index in [1.807, 2.05) is 42.5 Å². The molecule has 1 heterocycles. The molecule has 5 rings (SSSR count). The van der Waals surface area contributed by atoms with Crippen LogP contribution in [0.5, 0.6) is 0 Å². The van der Waals surface area contributed by atoms with Crippen LogP contribution in [0.15, 0.2) is 127 Å². The summed E-state index contributed by atoms with van der Waals surface area (Å²) in [6.07, 6.45) is 2.12. The number of halogens is 1. The summed E-state index contributed by atoms with van der Waals surface area (Å²) in [5.74, 6) is -0.317. The molecular formula is C33H30BrN3O2. The SMILES string of the molecule is Br.CC(=O)OCC1=CN(C(c2ccccc2)(c2ccccc2)c2ccccc2)CN1Cc1ccc(C#N)cc1. The van der Waals surface area contributed by atoms with Crippen molar-refractivity contribution < 1.29 is 9.53 Å². The number of benzene rings is 4. The topological polar surface area (TPSA) is 56.6 Å². The van der Waals surface area contributed by atoms with Crippen LogP contribution in [0.1, 0.15) is 34.7 Å². The minimum Gasteiger partial charge on any atom is -0.459 e. The maximum absolute atomic E-state index is 11.8. The van der Waals surface area contributed by atoms with E-state index >= 15 is 0 Å². The molecule has 0 radical (unpaired) electrons. The first-order valence-electron chi connectivity index (χ1n) is 12.6. The normalized spacial score (nSPS) is 12.8. The van der Waals surface area contributed by atoms with Gasteiger partial charge in [0.15, 0.2) is 0 Å². The Morgan fingerprint density at radius 3 is 1.74 bits per heavy atom. The summed E-state index contributed by atoms with van der Waals surface area (Å²) in [6, 6.07) is 41.4. The highest BCUT2D eigenvalue weighted by atomic mass is 79.9. The summed E-state index contributed by atoms with van der Waals surface area (Å²) >= 11 is 0. The van der Waals surface area contributed by atoms with Gasteiger partial charge in [0.25, 0.3) is 0 Å². The summed E-state index contributed by atoms with van der Waals surface area (Å²) in [7, 11) is 0. The fourth-order valence-corrected chi connectivity index (χ4v) is 5.18. The highest BCUT2D eigenvalue weighted by Crippen LogP contribution is 2.44. The zero-order valence-corrected chi connectivity index (χ0v) is 23.4. The third-order valence-corrected chi connectivity index (χ3v) is 6.92. The number of nitrogens with zero attached hydrogens (tertiary/aromatic N) is 3. The van der Waals surface area contributed by atoms with Crippen molar-refractivity contribution >= 4 is 23.0 Å². The van der Waals surface area contributed by atoms with Gasteiger partial charge < -0.3 is 14.5 Å². The van der Waals surface area contributed by atoms with Crippen molar-refractivity contribution in [3.63, 3.8) is 0 Å². The molecule has 1 aliphatic rings. The monoisotopic (exact) mass is 579 g/mol. The Labute approximate surface area is 240 Å². The molecule has 0 saturated carbocycles. The molecule has 0 unspecified atom stereocenters. The molecule has 0 amide bonds. The zero-order chi connectivity index (χ0) is 26.4. The number of ether oxygens (including phenoxy) is 1. The highest BCUT2D eigenvalue weighted by molar-refractivity contribution is 8.93. The Hall–Kier alpha value is -4.34. The average Bonchev–Trinajstić information content (AvgIpc) is 3.37. The molecule has 0 spiro atoms. The molecule has 0 bridgehead atoms. The Balaban J connectivity index is 0.00000353. The van der Waals surface area contributed by atoms with E-state index in [4.69, 9.17) is 4.74 Å². The van der Waals surface area contributed by atoms with Crippen molar-refractivity contribution in [2.24, 2.45) is 0 Å². The van der Waals surface area contributed by atoms with E-state index in [-0.39, 0.29) is 29.6 Å². The summed E-state index contributed by atoms with van der Waals surface area (Å²) in [6.45, 7) is 2.80. The van der Waals surface area contributed by atoms with E-state index in [2.05, 4.69) is 94.9 Å². The Bertz CT molecular complexity index is 1350. The van der Waals surface area contributed by atoms with Crippen LogP contribution in [-0.2, 0) is 21.6 Å². The second-order valence-electron chi connectivity index (χ2n) is 9.33. The lowest BCUT2D eigenvalue weighted by Gasteiger charge is -2.44. The fraction of sp³-hybridized carbons (Fsp3) is 0.152. The molecule has 0 aromatic heterocycles. The maximum Gasteiger partial charge on any atom is 0.303 e. The molecule has 0 atom stereocenters. The minimum absolute atomic E-state index is 0. The maximum atomic E-state index is 11.8. The van der Waals surface area contributed by atoms with Crippen LogP contribution < -0.4 is 0 Å². The molecule has 1 aliphatic heterocycles. The molecule has 0 fully saturated rings. The van der Waals surface area contributed by atoms with Gasteiger partial charge in [-0.05, 0) is 34.4 Å². The summed E-state index contributed by atoms with van der Waals surface area (Å²) < 4.78 is 5.49. The first-order chi connectivity index (χ1) is 18.6. The first kappa shape index (κ1) is 27.7. The smallest absolute Gasteiger partial charge is 0.303 e. The number of hydrogen-bond acceptors (Lipinski definition) is 5. The van der Waals surface area contributed by atoms with Crippen LogP contribution in [0.4, 0.5) is 0 Å². The molecule has 4 aromatic rings. The van der Waals surface area contributed by atoms with Gasteiger partial charge in [0.1, 0.15) is 12.1 Å². The predicted molar refractivity (Wildman–Crippen MR) is 158 cm³/mol. The summed E-state index contributed by atoms with van der Waals surface area (Å²) in [5.41, 5.74) is 5.41. The van der Waals surface area contributed by atoms with Crippen molar-refractivity contribution in [2.45, 2.75) is 19.0 Å². The van der Waals surface area contributed by atoms with Crippen LogP contribution in [0.3, 0.4) is 0 Å².